The van der Waals surface area contributed by atoms with E-state index in [1.54, 1.807) is 10.9 Å². The zero-order valence-electron chi connectivity index (χ0n) is 14.7. The third-order valence-electron chi connectivity index (χ3n) is 3.12. The second-order valence-electron chi connectivity index (χ2n) is 5.23. The molecule has 8 heteroatoms. The summed E-state index contributed by atoms with van der Waals surface area (Å²) in [6, 6.07) is 0. The summed E-state index contributed by atoms with van der Waals surface area (Å²) in [6.45, 7) is 8.83. The number of nitrogens with zero attached hydrogens (tertiary/aromatic N) is 3. The van der Waals surface area contributed by atoms with E-state index >= 15 is 0 Å². The van der Waals surface area contributed by atoms with Gasteiger partial charge in [0.1, 0.15) is 5.69 Å². The Morgan fingerprint density at radius 3 is 2.00 bits per heavy atom. The van der Waals surface area contributed by atoms with Crippen LogP contribution in [0.15, 0.2) is 6.20 Å². The van der Waals surface area contributed by atoms with Gasteiger partial charge in [-0.15, -0.1) is 5.10 Å². The van der Waals surface area contributed by atoms with Crippen molar-refractivity contribution >= 4 is 5.78 Å². The number of carbonyl (C=O) groups excluding carboxylic acids is 1. The molecule has 1 aromatic heterocycles. The molecule has 1 heterocycles. The zero-order chi connectivity index (χ0) is 17.5. The Morgan fingerprint density at radius 2 is 1.50 bits per heavy atom. The fourth-order valence-electron chi connectivity index (χ4n) is 1.74. The average Bonchev–Trinajstić information content (AvgIpc) is 3.04. The van der Waals surface area contributed by atoms with Crippen LogP contribution in [0.5, 0.6) is 0 Å². The van der Waals surface area contributed by atoms with Gasteiger partial charge in [0.2, 0.25) is 0 Å². The van der Waals surface area contributed by atoms with E-state index in [9.17, 15) is 4.79 Å². The Kier molecular flexibility index (Phi) is 12.1. The standard InChI is InChI=1S/C16H29N3O5/c1-3-4-6-21-8-10-23-12-13-24-11-9-22-7-5-19-14-16(15(2)20)17-18-19/h14H,3-13H2,1-2H3. The smallest absolute Gasteiger partial charge is 0.181 e. The molecule has 0 saturated carbocycles. The molecule has 0 unspecified atom stereocenters. The molecule has 0 aromatic carbocycles. The van der Waals surface area contributed by atoms with E-state index in [0.29, 0.717) is 58.5 Å². The van der Waals surface area contributed by atoms with Gasteiger partial charge in [-0.2, -0.15) is 0 Å². The largest absolute Gasteiger partial charge is 0.379 e. The topological polar surface area (TPSA) is 84.7 Å². The summed E-state index contributed by atoms with van der Waals surface area (Å²) >= 11 is 0. The van der Waals surface area contributed by atoms with Crippen molar-refractivity contribution in [3.63, 3.8) is 0 Å². The first kappa shape index (κ1) is 20.7. The summed E-state index contributed by atoms with van der Waals surface area (Å²) in [6.07, 6.45) is 3.86. The SMILES string of the molecule is CCCCOCCOCCOCCOCCn1cc(C(C)=O)nn1. The van der Waals surface area contributed by atoms with Crippen LogP contribution in [0, 0.1) is 0 Å². The van der Waals surface area contributed by atoms with Crippen LogP contribution >= 0.6 is 0 Å². The molecule has 0 saturated heterocycles. The minimum absolute atomic E-state index is 0.0923. The Labute approximate surface area is 143 Å². The van der Waals surface area contributed by atoms with Gasteiger partial charge in [0, 0.05) is 13.5 Å². The lowest BCUT2D eigenvalue weighted by molar-refractivity contribution is -0.00300. The van der Waals surface area contributed by atoms with Crippen LogP contribution in [-0.2, 0) is 25.5 Å². The van der Waals surface area contributed by atoms with E-state index in [2.05, 4.69) is 17.2 Å². The van der Waals surface area contributed by atoms with Crippen LogP contribution in [0.1, 0.15) is 37.2 Å². The van der Waals surface area contributed by atoms with Crippen LogP contribution in [0.25, 0.3) is 0 Å². The Bertz CT molecular complexity index is 439. The third-order valence-corrected chi connectivity index (χ3v) is 3.12. The van der Waals surface area contributed by atoms with Gasteiger partial charge in [0.25, 0.3) is 0 Å². The Balaban J connectivity index is 1.81. The molecule has 0 aliphatic carbocycles. The van der Waals surface area contributed by atoms with Gasteiger partial charge in [-0.1, -0.05) is 18.6 Å². The number of hydrogen-bond donors (Lipinski definition) is 0. The number of unbranched alkanes of at least 4 members (excludes halogenated alkanes) is 1. The first-order valence-corrected chi connectivity index (χ1v) is 8.46. The molecule has 24 heavy (non-hydrogen) atoms. The van der Waals surface area contributed by atoms with Gasteiger partial charge in [0.15, 0.2) is 5.78 Å². The van der Waals surface area contributed by atoms with Crippen LogP contribution < -0.4 is 0 Å². The molecule has 0 aliphatic heterocycles. The second kappa shape index (κ2) is 14.0. The van der Waals surface area contributed by atoms with E-state index in [0.717, 1.165) is 19.4 Å². The fraction of sp³-hybridized carbons (Fsp3) is 0.812. The molecule has 0 radical (unpaired) electrons. The molecule has 0 N–H and O–H groups in total. The minimum Gasteiger partial charge on any atom is -0.379 e. The van der Waals surface area contributed by atoms with Crippen molar-refractivity contribution in [1.29, 1.82) is 0 Å². The molecule has 8 nitrogen and oxygen atoms in total. The highest BCUT2D eigenvalue weighted by Gasteiger charge is 2.04. The summed E-state index contributed by atoms with van der Waals surface area (Å²) in [7, 11) is 0. The number of ether oxygens (including phenoxy) is 4. The first-order chi connectivity index (χ1) is 11.7. The van der Waals surface area contributed by atoms with Crippen molar-refractivity contribution in [2.75, 3.05) is 52.9 Å². The van der Waals surface area contributed by atoms with Crippen molar-refractivity contribution < 1.29 is 23.7 Å². The fourth-order valence-corrected chi connectivity index (χ4v) is 1.74. The van der Waals surface area contributed by atoms with Crippen LogP contribution in [0.4, 0.5) is 0 Å². The van der Waals surface area contributed by atoms with Gasteiger partial charge >= 0.3 is 0 Å². The van der Waals surface area contributed by atoms with Crippen LogP contribution in [-0.4, -0.2) is 73.6 Å². The highest BCUT2D eigenvalue weighted by Crippen LogP contribution is 1.94. The van der Waals surface area contributed by atoms with E-state index in [-0.39, 0.29) is 5.78 Å². The summed E-state index contributed by atoms with van der Waals surface area (Å²) in [5, 5.41) is 7.61. The number of carbonyl (C=O) groups is 1. The maximum Gasteiger partial charge on any atom is 0.181 e. The first-order valence-electron chi connectivity index (χ1n) is 8.46. The van der Waals surface area contributed by atoms with Gasteiger partial charge in [-0.05, 0) is 6.42 Å². The second-order valence-corrected chi connectivity index (χ2v) is 5.23. The summed E-state index contributed by atoms with van der Waals surface area (Å²) in [5.74, 6) is -0.0923. The number of ketones is 1. The predicted octanol–water partition coefficient (Wildman–Crippen LogP) is 1.35. The maximum absolute atomic E-state index is 11.1. The molecule has 0 fully saturated rings. The monoisotopic (exact) mass is 343 g/mol. The van der Waals surface area contributed by atoms with Crippen molar-refractivity contribution in [3.8, 4) is 0 Å². The molecule has 0 bridgehead atoms. The average molecular weight is 343 g/mol. The lowest BCUT2D eigenvalue weighted by Gasteiger charge is -2.07. The molecular weight excluding hydrogens is 314 g/mol. The van der Waals surface area contributed by atoms with E-state index in [4.69, 9.17) is 18.9 Å². The maximum atomic E-state index is 11.1. The van der Waals surface area contributed by atoms with Gasteiger partial charge < -0.3 is 18.9 Å². The lowest BCUT2D eigenvalue weighted by atomic mass is 10.3. The summed E-state index contributed by atoms with van der Waals surface area (Å²) in [5.41, 5.74) is 0.370. The lowest BCUT2D eigenvalue weighted by Crippen LogP contribution is -2.13. The van der Waals surface area contributed by atoms with Crippen LogP contribution in [0.3, 0.4) is 0 Å². The molecule has 1 aromatic rings. The number of aromatic nitrogens is 3. The molecule has 0 amide bonds. The molecule has 0 aliphatic rings. The third kappa shape index (κ3) is 10.4. The van der Waals surface area contributed by atoms with Gasteiger partial charge in [-0.25, -0.2) is 4.68 Å². The Hall–Kier alpha value is -1.35. The quantitative estimate of drug-likeness (QED) is 0.331. The molecule has 138 valence electrons. The normalized spacial score (nSPS) is 11.1. The van der Waals surface area contributed by atoms with Gasteiger partial charge in [0.05, 0.1) is 59.0 Å². The zero-order valence-corrected chi connectivity index (χ0v) is 14.7. The van der Waals surface area contributed by atoms with Gasteiger partial charge in [-0.3, -0.25) is 4.79 Å². The van der Waals surface area contributed by atoms with E-state index in [1.165, 1.54) is 6.92 Å². The van der Waals surface area contributed by atoms with Crippen molar-refractivity contribution in [2.24, 2.45) is 0 Å². The number of rotatable bonds is 16. The highest BCUT2D eigenvalue weighted by molar-refractivity contribution is 5.91. The van der Waals surface area contributed by atoms with Crippen molar-refractivity contribution in [3.05, 3.63) is 11.9 Å². The molecule has 1 rings (SSSR count). The van der Waals surface area contributed by atoms with Crippen LogP contribution in [0.2, 0.25) is 0 Å². The molecule has 0 spiro atoms. The molecule has 0 atom stereocenters. The Morgan fingerprint density at radius 1 is 0.958 bits per heavy atom. The van der Waals surface area contributed by atoms with Crippen molar-refractivity contribution in [1.82, 2.24) is 15.0 Å². The highest BCUT2D eigenvalue weighted by atomic mass is 16.6. The predicted molar refractivity (Wildman–Crippen MR) is 88.2 cm³/mol. The summed E-state index contributed by atoms with van der Waals surface area (Å²) < 4.78 is 23.2. The molecular formula is C16H29N3O5. The minimum atomic E-state index is -0.0923. The van der Waals surface area contributed by atoms with E-state index in [1.807, 2.05) is 0 Å². The van der Waals surface area contributed by atoms with Crippen molar-refractivity contribution in [2.45, 2.75) is 33.2 Å². The van der Waals surface area contributed by atoms with E-state index < -0.39 is 0 Å². The number of Topliss-reactive ketones (excluding diaryl/α,β-unsaturated/α-hetero) is 1. The number of hydrogen-bond acceptors (Lipinski definition) is 7. The summed E-state index contributed by atoms with van der Waals surface area (Å²) in [4.78, 5) is 11.1.